The lowest BCUT2D eigenvalue weighted by Gasteiger charge is -2.30. The van der Waals surface area contributed by atoms with E-state index in [-0.39, 0.29) is 5.91 Å². The van der Waals surface area contributed by atoms with Gasteiger partial charge in [-0.05, 0) is 37.6 Å². The van der Waals surface area contributed by atoms with Gasteiger partial charge in [-0.1, -0.05) is 31.4 Å². The van der Waals surface area contributed by atoms with Crippen LogP contribution in [-0.4, -0.2) is 30.4 Å². The summed E-state index contributed by atoms with van der Waals surface area (Å²) < 4.78 is 0. The molecule has 1 amide bonds. The molecule has 0 aliphatic heterocycles. The van der Waals surface area contributed by atoms with Gasteiger partial charge in [-0.15, -0.1) is 0 Å². The molecule has 0 atom stereocenters. The Balaban J connectivity index is 1.73. The van der Waals surface area contributed by atoms with Crippen molar-refractivity contribution in [1.29, 1.82) is 0 Å². The number of rotatable bonds is 6. The van der Waals surface area contributed by atoms with Gasteiger partial charge in [0.25, 0.3) is 0 Å². The van der Waals surface area contributed by atoms with Crippen molar-refractivity contribution in [1.82, 2.24) is 4.90 Å². The van der Waals surface area contributed by atoms with E-state index in [0.29, 0.717) is 19.0 Å². The van der Waals surface area contributed by atoms with Crippen LogP contribution in [0.4, 0.5) is 5.69 Å². The number of nitrogens with one attached hydrogen (secondary N) is 1. The Morgan fingerprint density at radius 2 is 1.90 bits per heavy atom. The molecule has 1 aromatic carbocycles. The first-order valence-electron chi connectivity index (χ1n) is 7.98. The second kappa shape index (κ2) is 8.15. The van der Waals surface area contributed by atoms with Gasteiger partial charge < -0.3 is 16.0 Å². The summed E-state index contributed by atoms with van der Waals surface area (Å²) in [6.45, 7) is 1.36. The van der Waals surface area contributed by atoms with Crippen LogP contribution in [0.2, 0.25) is 0 Å². The molecule has 0 aromatic heterocycles. The van der Waals surface area contributed by atoms with Crippen molar-refractivity contribution in [2.45, 2.75) is 51.1 Å². The van der Waals surface area contributed by atoms with Crippen LogP contribution in [0.25, 0.3) is 0 Å². The highest BCUT2D eigenvalue weighted by atomic mass is 16.1. The van der Waals surface area contributed by atoms with E-state index in [1.807, 2.05) is 24.3 Å². The van der Waals surface area contributed by atoms with Gasteiger partial charge in [-0.25, -0.2) is 0 Å². The van der Waals surface area contributed by atoms with Gasteiger partial charge in [0.15, 0.2) is 0 Å². The van der Waals surface area contributed by atoms with Crippen LogP contribution >= 0.6 is 0 Å². The molecule has 0 saturated heterocycles. The molecule has 1 aliphatic rings. The van der Waals surface area contributed by atoms with Crippen LogP contribution in [-0.2, 0) is 11.3 Å². The summed E-state index contributed by atoms with van der Waals surface area (Å²) in [5.74, 6) is 0.0816. The number of hydrogen-bond acceptors (Lipinski definition) is 3. The van der Waals surface area contributed by atoms with Crippen LogP contribution in [0.5, 0.6) is 0 Å². The summed E-state index contributed by atoms with van der Waals surface area (Å²) in [5, 5.41) is 2.95. The maximum absolute atomic E-state index is 12.0. The molecule has 21 heavy (non-hydrogen) atoms. The van der Waals surface area contributed by atoms with Crippen molar-refractivity contribution in [3.8, 4) is 0 Å². The Hall–Kier alpha value is -1.39. The third-order valence-electron chi connectivity index (χ3n) is 4.36. The molecule has 116 valence electrons. The molecule has 4 nitrogen and oxygen atoms in total. The van der Waals surface area contributed by atoms with Crippen molar-refractivity contribution in [3.63, 3.8) is 0 Å². The molecule has 0 heterocycles. The third-order valence-corrected chi connectivity index (χ3v) is 4.36. The fourth-order valence-electron chi connectivity index (χ4n) is 2.93. The fourth-order valence-corrected chi connectivity index (χ4v) is 2.93. The molecular weight excluding hydrogens is 262 g/mol. The zero-order valence-electron chi connectivity index (χ0n) is 13.0. The lowest BCUT2D eigenvalue weighted by molar-refractivity contribution is -0.116. The van der Waals surface area contributed by atoms with Gasteiger partial charge in [-0.3, -0.25) is 4.79 Å². The lowest BCUT2D eigenvalue weighted by atomic mass is 9.94. The Kier molecular flexibility index (Phi) is 6.21. The van der Waals surface area contributed by atoms with Crippen LogP contribution in [0.1, 0.15) is 44.1 Å². The van der Waals surface area contributed by atoms with Crippen molar-refractivity contribution < 1.29 is 4.79 Å². The molecule has 0 radical (unpaired) electrons. The van der Waals surface area contributed by atoms with E-state index in [1.165, 1.54) is 32.1 Å². The summed E-state index contributed by atoms with van der Waals surface area (Å²) in [7, 11) is 2.14. The van der Waals surface area contributed by atoms with Crippen LogP contribution in [0, 0.1) is 0 Å². The molecule has 2 rings (SSSR count). The Labute approximate surface area is 127 Å². The summed E-state index contributed by atoms with van der Waals surface area (Å²) >= 11 is 0. The topological polar surface area (TPSA) is 58.4 Å². The minimum absolute atomic E-state index is 0.0816. The summed E-state index contributed by atoms with van der Waals surface area (Å²) in [6, 6.07) is 8.37. The van der Waals surface area contributed by atoms with Gasteiger partial charge in [0.05, 0.1) is 0 Å². The highest BCUT2D eigenvalue weighted by molar-refractivity contribution is 5.90. The minimum atomic E-state index is 0.0816. The van der Waals surface area contributed by atoms with E-state index in [9.17, 15) is 4.79 Å². The van der Waals surface area contributed by atoms with Crippen LogP contribution in [0.15, 0.2) is 24.3 Å². The number of nitrogens with zero attached hydrogens (tertiary/aromatic N) is 1. The maximum Gasteiger partial charge on any atom is 0.225 e. The summed E-state index contributed by atoms with van der Waals surface area (Å²) in [4.78, 5) is 14.3. The van der Waals surface area contributed by atoms with Gasteiger partial charge in [0.2, 0.25) is 5.91 Å². The predicted octanol–water partition coefficient (Wildman–Crippen LogP) is 2.74. The van der Waals surface area contributed by atoms with Crippen molar-refractivity contribution in [3.05, 3.63) is 29.8 Å². The van der Waals surface area contributed by atoms with E-state index in [0.717, 1.165) is 17.8 Å². The first-order valence-corrected chi connectivity index (χ1v) is 7.98. The summed E-state index contributed by atoms with van der Waals surface area (Å²) in [6.07, 6.45) is 7.12. The van der Waals surface area contributed by atoms with Crippen molar-refractivity contribution in [2.24, 2.45) is 5.73 Å². The Morgan fingerprint density at radius 3 is 2.52 bits per heavy atom. The second-order valence-corrected chi connectivity index (χ2v) is 5.97. The Bertz CT molecular complexity index is 438. The van der Waals surface area contributed by atoms with E-state index in [1.54, 1.807) is 0 Å². The maximum atomic E-state index is 12.0. The van der Waals surface area contributed by atoms with E-state index in [2.05, 4.69) is 17.3 Å². The number of amides is 1. The largest absolute Gasteiger partial charge is 0.326 e. The summed E-state index contributed by atoms with van der Waals surface area (Å²) in [5.41, 5.74) is 7.48. The van der Waals surface area contributed by atoms with E-state index in [4.69, 9.17) is 5.73 Å². The van der Waals surface area contributed by atoms with Crippen molar-refractivity contribution >= 4 is 11.6 Å². The SMILES string of the molecule is CN(CCC(=O)Nc1ccc(CN)cc1)C1CCCCC1. The number of carbonyl (C=O) groups is 1. The molecule has 0 spiro atoms. The quantitative estimate of drug-likeness (QED) is 0.846. The fraction of sp³-hybridized carbons (Fsp3) is 0.588. The van der Waals surface area contributed by atoms with E-state index >= 15 is 0 Å². The molecule has 3 N–H and O–H groups in total. The standard InChI is InChI=1S/C17H27N3O/c1-20(16-5-3-2-4-6-16)12-11-17(21)19-15-9-7-14(13-18)8-10-15/h7-10,16H,2-6,11-13,18H2,1H3,(H,19,21). The number of anilines is 1. The number of hydrogen-bond donors (Lipinski definition) is 2. The average Bonchev–Trinajstić information content (AvgIpc) is 2.54. The molecule has 1 saturated carbocycles. The van der Waals surface area contributed by atoms with Crippen molar-refractivity contribution in [2.75, 3.05) is 18.9 Å². The molecule has 0 unspecified atom stereocenters. The molecule has 1 aromatic rings. The molecule has 1 fully saturated rings. The monoisotopic (exact) mass is 289 g/mol. The third kappa shape index (κ3) is 5.14. The number of benzene rings is 1. The lowest BCUT2D eigenvalue weighted by Crippen LogP contribution is -2.35. The molecule has 1 aliphatic carbocycles. The first-order chi connectivity index (χ1) is 10.2. The minimum Gasteiger partial charge on any atom is -0.326 e. The van der Waals surface area contributed by atoms with Gasteiger partial charge in [0.1, 0.15) is 0 Å². The zero-order chi connectivity index (χ0) is 15.1. The highest BCUT2D eigenvalue weighted by Crippen LogP contribution is 2.21. The van der Waals surface area contributed by atoms with Crippen LogP contribution in [0.3, 0.4) is 0 Å². The van der Waals surface area contributed by atoms with E-state index < -0.39 is 0 Å². The highest BCUT2D eigenvalue weighted by Gasteiger charge is 2.18. The zero-order valence-corrected chi connectivity index (χ0v) is 13.0. The van der Waals surface area contributed by atoms with Gasteiger partial charge in [-0.2, -0.15) is 0 Å². The first kappa shape index (κ1) is 16.0. The second-order valence-electron chi connectivity index (χ2n) is 5.97. The Morgan fingerprint density at radius 1 is 1.24 bits per heavy atom. The predicted molar refractivity (Wildman–Crippen MR) is 87.1 cm³/mol. The average molecular weight is 289 g/mol. The van der Waals surface area contributed by atoms with Gasteiger partial charge in [0, 0.05) is 31.2 Å². The number of nitrogens with two attached hydrogens (primary N) is 1. The van der Waals surface area contributed by atoms with Crippen LogP contribution < -0.4 is 11.1 Å². The molecule has 0 bridgehead atoms. The molecular formula is C17H27N3O. The normalized spacial score (nSPS) is 16.1. The van der Waals surface area contributed by atoms with Gasteiger partial charge >= 0.3 is 0 Å². The smallest absolute Gasteiger partial charge is 0.225 e. The number of carbonyl (C=O) groups excluding carboxylic acids is 1. The molecule has 4 heteroatoms.